The minimum atomic E-state index is -0.322. The minimum Gasteiger partial charge on any atom is -0.497 e. The van der Waals surface area contributed by atoms with E-state index in [0.717, 1.165) is 59.9 Å². The van der Waals surface area contributed by atoms with Crippen LogP contribution < -0.4 is 9.47 Å². The van der Waals surface area contributed by atoms with Crippen molar-refractivity contribution < 1.29 is 14.3 Å². The van der Waals surface area contributed by atoms with Crippen LogP contribution in [0.2, 0.25) is 0 Å². The molecular formula is C37H39N3O3. The standard InChI is InChI=1S/C37H39N3O3/c1-4-5-24-40-35(36(31-12-8-6-9-13-31)38-37(40)32-14-10-7-11-15-32)27-39(25-29-16-20-33(42-3)21-17-29)26-30-18-22-34(23-19-30)43-28(2)41/h6-23H,4-5,24-27H2,1-3H3. The number of rotatable bonds is 13. The molecule has 0 unspecified atom stereocenters. The van der Waals surface area contributed by atoms with Gasteiger partial charge < -0.3 is 14.0 Å². The molecule has 0 aliphatic carbocycles. The Bertz CT molecular complexity index is 1600. The lowest BCUT2D eigenvalue weighted by Gasteiger charge is -2.25. The van der Waals surface area contributed by atoms with E-state index in [1.165, 1.54) is 18.2 Å². The van der Waals surface area contributed by atoms with Crippen molar-refractivity contribution >= 4 is 5.97 Å². The topological polar surface area (TPSA) is 56.6 Å². The molecule has 1 aromatic heterocycles. The Labute approximate surface area is 254 Å². The van der Waals surface area contributed by atoms with Gasteiger partial charge in [-0.25, -0.2) is 4.98 Å². The van der Waals surface area contributed by atoms with Crippen LogP contribution in [0.3, 0.4) is 0 Å². The summed E-state index contributed by atoms with van der Waals surface area (Å²) >= 11 is 0. The fourth-order valence-corrected chi connectivity index (χ4v) is 5.29. The van der Waals surface area contributed by atoms with Gasteiger partial charge in [-0.1, -0.05) is 98.3 Å². The van der Waals surface area contributed by atoms with Gasteiger partial charge in [0.15, 0.2) is 0 Å². The highest BCUT2D eigenvalue weighted by molar-refractivity contribution is 5.69. The molecule has 1 heterocycles. The highest BCUT2D eigenvalue weighted by Gasteiger charge is 2.22. The first kappa shape index (κ1) is 29.8. The van der Waals surface area contributed by atoms with Gasteiger partial charge in [0.25, 0.3) is 0 Å². The fourth-order valence-electron chi connectivity index (χ4n) is 5.29. The van der Waals surface area contributed by atoms with E-state index in [1.807, 2.05) is 48.5 Å². The summed E-state index contributed by atoms with van der Waals surface area (Å²) in [5.41, 5.74) is 6.77. The molecule has 0 aliphatic heterocycles. The summed E-state index contributed by atoms with van der Waals surface area (Å²) in [5, 5.41) is 0. The van der Waals surface area contributed by atoms with Crippen molar-refractivity contribution in [3.05, 3.63) is 126 Å². The molecule has 0 radical (unpaired) electrons. The molecule has 0 bridgehead atoms. The van der Waals surface area contributed by atoms with E-state index in [4.69, 9.17) is 14.5 Å². The molecule has 5 aromatic rings. The van der Waals surface area contributed by atoms with Crippen molar-refractivity contribution in [2.45, 2.75) is 52.9 Å². The van der Waals surface area contributed by atoms with Gasteiger partial charge in [-0.15, -0.1) is 0 Å². The molecule has 0 amide bonds. The Balaban J connectivity index is 1.57. The van der Waals surface area contributed by atoms with Crippen LogP contribution in [-0.2, 0) is 31.0 Å². The maximum absolute atomic E-state index is 11.4. The second-order valence-corrected chi connectivity index (χ2v) is 10.7. The van der Waals surface area contributed by atoms with E-state index in [2.05, 4.69) is 77.1 Å². The lowest BCUT2D eigenvalue weighted by atomic mass is 10.1. The molecule has 0 saturated carbocycles. The Morgan fingerprint density at radius 1 is 0.744 bits per heavy atom. The van der Waals surface area contributed by atoms with Crippen molar-refractivity contribution in [2.24, 2.45) is 0 Å². The van der Waals surface area contributed by atoms with Crippen molar-refractivity contribution in [2.75, 3.05) is 7.11 Å². The Morgan fingerprint density at radius 2 is 1.30 bits per heavy atom. The van der Waals surface area contributed by atoms with Gasteiger partial charge in [0.2, 0.25) is 0 Å². The Morgan fingerprint density at radius 3 is 1.84 bits per heavy atom. The first-order valence-corrected chi connectivity index (χ1v) is 14.9. The van der Waals surface area contributed by atoms with E-state index >= 15 is 0 Å². The molecule has 0 spiro atoms. The molecule has 220 valence electrons. The van der Waals surface area contributed by atoms with E-state index in [-0.39, 0.29) is 5.97 Å². The lowest BCUT2D eigenvalue weighted by molar-refractivity contribution is -0.131. The van der Waals surface area contributed by atoms with Crippen LogP contribution >= 0.6 is 0 Å². The quantitative estimate of drug-likeness (QED) is 0.105. The monoisotopic (exact) mass is 573 g/mol. The SMILES string of the molecule is CCCCn1c(-c2ccccc2)nc(-c2ccccc2)c1CN(Cc1ccc(OC)cc1)Cc1ccc(OC(C)=O)cc1. The van der Waals surface area contributed by atoms with Crippen molar-refractivity contribution in [1.82, 2.24) is 14.5 Å². The molecule has 6 nitrogen and oxygen atoms in total. The maximum atomic E-state index is 11.4. The van der Waals surface area contributed by atoms with Crippen LogP contribution in [0.25, 0.3) is 22.6 Å². The maximum Gasteiger partial charge on any atom is 0.308 e. The molecule has 0 N–H and O–H groups in total. The van der Waals surface area contributed by atoms with Gasteiger partial charge in [0.1, 0.15) is 17.3 Å². The summed E-state index contributed by atoms with van der Waals surface area (Å²) in [6.07, 6.45) is 2.16. The molecule has 43 heavy (non-hydrogen) atoms. The van der Waals surface area contributed by atoms with E-state index in [0.29, 0.717) is 18.8 Å². The molecule has 4 aromatic carbocycles. The number of carbonyl (C=O) groups excluding carboxylic acids is 1. The lowest BCUT2D eigenvalue weighted by Crippen LogP contribution is -2.24. The minimum absolute atomic E-state index is 0.322. The van der Waals surface area contributed by atoms with E-state index in [9.17, 15) is 4.79 Å². The summed E-state index contributed by atoms with van der Waals surface area (Å²) in [4.78, 5) is 19.2. The number of hydrogen-bond acceptors (Lipinski definition) is 5. The number of imidazole rings is 1. The van der Waals surface area contributed by atoms with Crippen molar-refractivity contribution in [1.29, 1.82) is 0 Å². The summed E-state index contributed by atoms with van der Waals surface area (Å²) in [7, 11) is 1.69. The second-order valence-electron chi connectivity index (χ2n) is 10.7. The molecule has 0 fully saturated rings. The second kappa shape index (κ2) is 14.5. The highest BCUT2D eigenvalue weighted by Crippen LogP contribution is 2.32. The Kier molecular flexibility index (Phi) is 10.0. The zero-order valence-corrected chi connectivity index (χ0v) is 25.2. The molecule has 0 saturated heterocycles. The van der Waals surface area contributed by atoms with Crippen molar-refractivity contribution in [3.63, 3.8) is 0 Å². The van der Waals surface area contributed by atoms with Crippen LogP contribution in [0, 0.1) is 0 Å². The number of ether oxygens (including phenoxy) is 2. The van der Waals surface area contributed by atoms with Crippen LogP contribution in [-0.4, -0.2) is 27.5 Å². The average Bonchev–Trinajstić information content (AvgIpc) is 3.39. The first-order valence-electron chi connectivity index (χ1n) is 14.9. The number of hydrogen-bond donors (Lipinski definition) is 0. The molecule has 0 atom stereocenters. The third-order valence-corrected chi connectivity index (χ3v) is 7.42. The van der Waals surface area contributed by atoms with Crippen LogP contribution in [0.1, 0.15) is 43.5 Å². The molecule has 6 heteroatoms. The number of methoxy groups -OCH3 is 1. The zero-order valence-electron chi connectivity index (χ0n) is 25.2. The number of benzene rings is 4. The number of carbonyl (C=O) groups is 1. The smallest absolute Gasteiger partial charge is 0.308 e. The first-order chi connectivity index (χ1) is 21.0. The third kappa shape index (κ3) is 7.79. The fraction of sp³-hybridized carbons (Fsp3) is 0.243. The van der Waals surface area contributed by atoms with Crippen LogP contribution in [0.15, 0.2) is 109 Å². The van der Waals surface area contributed by atoms with E-state index in [1.54, 1.807) is 7.11 Å². The average molecular weight is 574 g/mol. The normalized spacial score (nSPS) is 11.1. The van der Waals surface area contributed by atoms with Gasteiger partial charge >= 0.3 is 5.97 Å². The summed E-state index contributed by atoms with van der Waals surface area (Å²) in [6, 6.07) is 37.0. The molecular weight excluding hydrogens is 534 g/mol. The van der Waals surface area contributed by atoms with Gasteiger partial charge in [-0.3, -0.25) is 9.69 Å². The third-order valence-electron chi connectivity index (χ3n) is 7.42. The largest absolute Gasteiger partial charge is 0.497 e. The number of aromatic nitrogens is 2. The van der Waals surface area contributed by atoms with Gasteiger partial charge in [0.05, 0.1) is 18.5 Å². The molecule has 5 rings (SSSR count). The predicted molar refractivity (Wildman–Crippen MR) is 172 cm³/mol. The summed E-state index contributed by atoms with van der Waals surface area (Å²) < 4.78 is 13.1. The number of nitrogens with zero attached hydrogens (tertiary/aromatic N) is 3. The highest BCUT2D eigenvalue weighted by atomic mass is 16.5. The summed E-state index contributed by atoms with van der Waals surface area (Å²) in [6.45, 7) is 6.69. The van der Waals surface area contributed by atoms with Gasteiger partial charge in [-0.05, 0) is 41.8 Å². The van der Waals surface area contributed by atoms with Gasteiger partial charge in [-0.2, -0.15) is 0 Å². The zero-order chi connectivity index (χ0) is 30.0. The van der Waals surface area contributed by atoms with Crippen LogP contribution in [0.5, 0.6) is 11.5 Å². The predicted octanol–water partition coefficient (Wildman–Crippen LogP) is 8.15. The van der Waals surface area contributed by atoms with E-state index < -0.39 is 0 Å². The van der Waals surface area contributed by atoms with Crippen molar-refractivity contribution in [3.8, 4) is 34.1 Å². The number of unbranched alkanes of at least 4 members (excludes halogenated alkanes) is 1. The molecule has 0 aliphatic rings. The number of esters is 1. The van der Waals surface area contributed by atoms with Gasteiger partial charge in [0, 0.05) is 44.2 Å². The summed E-state index contributed by atoms with van der Waals surface area (Å²) in [5.74, 6) is 2.07. The van der Waals surface area contributed by atoms with Crippen LogP contribution in [0.4, 0.5) is 0 Å². The Hall–Kier alpha value is -4.68.